The molecule has 0 spiro atoms. The number of nitrogens with one attached hydrogen (secondary N) is 1. The van der Waals surface area contributed by atoms with E-state index < -0.39 is 0 Å². The van der Waals surface area contributed by atoms with Gasteiger partial charge in [-0.25, -0.2) is 5.01 Å². The van der Waals surface area contributed by atoms with E-state index in [1.165, 1.54) is 44.9 Å². The Labute approximate surface area is 152 Å². The van der Waals surface area contributed by atoms with Gasteiger partial charge >= 0.3 is 0 Å². The number of hydrogen-bond donors (Lipinski definition) is 4. The normalized spacial score (nSPS) is 38.6. The number of unbranched alkanes of at least 4 members (excludes halogenated alkanes) is 3. The Kier molecular flexibility index (Phi) is 4.91. The lowest BCUT2D eigenvalue weighted by Crippen LogP contribution is -2.66. The number of hydrogen-bond acceptors (Lipinski definition) is 2. The molecular formula is C19H36N6. The first-order chi connectivity index (χ1) is 11.8. The predicted octanol–water partition coefficient (Wildman–Crippen LogP) is 2.93. The second-order valence-electron chi connectivity index (χ2n) is 9.28. The summed E-state index contributed by atoms with van der Waals surface area (Å²) < 4.78 is 0. The smallest absolute Gasteiger partial charge is 0.209 e. The Morgan fingerprint density at radius 3 is 2.24 bits per heavy atom. The van der Waals surface area contributed by atoms with Crippen molar-refractivity contribution >= 4 is 11.9 Å². The molecule has 2 atom stereocenters. The average Bonchev–Trinajstić information content (AvgIpc) is 2.49. The second-order valence-corrected chi connectivity index (χ2v) is 9.28. The molecule has 0 aromatic carbocycles. The molecule has 7 N–H and O–H groups in total. The van der Waals surface area contributed by atoms with Crippen molar-refractivity contribution in [2.24, 2.45) is 45.5 Å². The third kappa shape index (κ3) is 3.44. The van der Waals surface area contributed by atoms with Crippen LogP contribution in [-0.4, -0.2) is 22.5 Å². The van der Waals surface area contributed by atoms with Gasteiger partial charge in [-0.3, -0.25) is 5.41 Å². The lowest BCUT2D eigenvalue weighted by Gasteiger charge is -2.65. The molecule has 0 heterocycles. The molecule has 0 amide bonds. The summed E-state index contributed by atoms with van der Waals surface area (Å²) in [5.74, 6) is 2.25. The third-order valence-electron chi connectivity index (χ3n) is 7.05. The summed E-state index contributed by atoms with van der Waals surface area (Å²) in [4.78, 5) is 0. The van der Waals surface area contributed by atoms with Gasteiger partial charge in [0.1, 0.15) is 0 Å². The molecule has 4 bridgehead atoms. The number of nitrogens with two attached hydrogens (primary N) is 3. The van der Waals surface area contributed by atoms with Crippen LogP contribution in [0, 0.1) is 28.6 Å². The van der Waals surface area contributed by atoms with E-state index in [9.17, 15) is 0 Å². The molecule has 0 aromatic heterocycles. The number of rotatable bonds is 7. The minimum absolute atomic E-state index is 0.00721. The number of nitrogens with zero attached hydrogens (tertiary/aromatic N) is 2. The van der Waals surface area contributed by atoms with E-state index in [-0.39, 0.29) is 17.5 Å². The van der Waals surface area contributed by atoms with Crippen molar-refractivity contribution < 1.29 is 0 Å². The van der Waals surface area contributed by atoms with Crippen molar-refractivity contribution in [3.63, 3.8) is 0 Å². The first-order valence-electron chi connectivity index (χ1n) is 10.0. The van der Waals surface area contributed by atoms with Crippen LogP contribution in [0.5, 0.6) is 0 Å². The van der Waals surface area contributed by atoms with Crippen molar-refractivity contribution in [1.82, 2.24) is 5.01 Å². The highest BCUT2D eigenvalue weighted by molar-refractivity contribution is 5.80. The molecule has 0 aromatic rings. The summed E-state index contributed by atoms with van der Waals surface area (Å²) in [7, 11) is 0. The van der Waals surface area contributed by atoms with Crippen LogP contribution in [0.1, 0.15) is 78.1 Å². The highest BCUT2D eigenvalue weighted by Gasteiger charge is 2.61. The van der Waals surface area contributed by atoms with Crippen LogP contribution >= 0.6 is 0 Å². The van der Waals surface area contributed by atoms with Crippen LogP contribution in [0.3, 0.4) is 0 Å². The maximum atomic E-state index is 8.04. The van der Waals surface area contributed by atoms with Gasteiger partial charge in [-0.1, -0.05) is 39.5 Å². The summed E-state index contributed by atoms with van der Waals surface area (Å²) in [6.07, 6.45) is 12.6. The minimum atomic E-state index is -0.156. The Hall–Kier alpha value is -1.46. The Morgan fingerprint density at radius 2 is 1.72 bits per heavy atom. The zero-order valence-corrected chi connectivity index (χ0v) is 15.9. The van der Waals surface area contributed by atoms with Crippen LogP contribution in [0.2, 0.25) is 0 Å². The van der Waals surface area contributed by atoms with Gasteiger partial charge in [-0.05, 0) is 61.7 Å². The van der Waals surface area contributed by atoms with Crippen molar-refractivity contribution in [2.45, 2.75) is 83.6 Å². The van der Waals surface area contributed by atoms with Crippen molar-refractivity contribution in [1.29, 1.82) is 5.41 Å². The maximum absolute atomic E-state index is 8.04. The van der Waals surface area contributed by atoms with E-state index in [2.05, 4.69) is 18.9 Å². The molecule has 142 valence electrons. The summed E-state index contributed by atoms with van der Waals surface area (Å²) in [6.45, 7) is 4.69. The van der Waals surface area contributed by atoms with Crippen LogP contribution in [0.25, 0.3) is 0 Å². The second kappa shape index (κ2) is 6.69. The Morgan fingerprint density at radius 1 is 1.08 bits per heavy atom. The largest absolute Gasteiger partial charge is 0.369 e. The minimum Gasteiger partial charge on any atom is -0.369 e. The average molecular weight is 349 g/mol. The fourth-order valence-electron chi connectivity index (χ4n) is 6.68. The van der Waals surface area contributed by atoms with E-state index in [1.807, 2.05) is 0 Å². The topological polar surface area (TPSA) is 118 Å². The number of hydrazone groups is 1. The monoisotopic (exact) mass is 348 g/mol. The first-order valence-corrected chi connectivity index (χ1v) is 10.0. The van der Waals surface area contributed by atoms with E-state index in [0.717, 1.165) is 37.0 Å². The summed E-state index contributed by atoms with van der Waals surface area (Å²) in [6, 6.07) is 0. The Balaban J connectivity index is 1.79. The molecule has 0 radical (unpaired) electrons. The molecule has 4 aliphatic carbocycles. The first kappa shape index (κ1) is 18.3. The van der Waals surface area contributed by atoms with Gasteiger partial charge in [0, 0.05) is 0 Å². The molecule has 25 heavy (non-hydrogen) atoms. The van der Waals surface area contributed by atoms with Crippen LogP contribution in [0.15, 0.2) is 5.10 Å². The lowest BCUT2D eigenvalue weighted by atomic mass is 9.43. The standard InChI is InChI=1S/C19H36N6/c1-3-4-5-6-7-15-13-8-18(2)9-14(15)11-19(10-13,12-18)25(17(22)23)24-16(20)21/h13-15H,3-12H2,1-2H3,(H3,22,23)(H4,20,21,24). The predicted molar refractivity (Wildman–Crippen MR) is 103 cm³/mol. The molecule has 0 saturated heterocycles. The van der Waals surface area contributed by atoms with E-state index in [0.29, 0.717) is 5.41 Å². The van der Waals surface area contributed by atoms with E-state index in [1.54, 1.807) is 5.01 Å². The van der Waals surface area contributed by atoms with Crippen molar-refractivity contribution in [2.75, 3.05) is 0 Å². The SMILES string of the molecule is CCCCCCC1C2CC3(C)CC1CC(N(N=C(N)N)C(=N)N)(C2)C3. The zero-order chi connectivity index (χ0) is 18.2. The molecule has 4 rings (SSSR count). The highest BCUT2D eigenvalue weighted by atomic mass is 15.6. The molecule has 0 aliphatic heterocycles. The number of guanidine groups is 2. The molecule has 6 heteroatoms. The molecule has 4 saturated carbocycles. The fourth-order valence-corrected chi connectivity index (χ4v) is 6.68. The van der Waals surface area contributed by atoms with Gasteiger partial charge in [0.25, 0.3) is 0 Å². The fraction of sp³-hybridized carbons (Fsp3) is 0.895. The van der Waals surface area contributed by atoms with Crippen molar-refractivity contribution in [3.05, 3.63) is 0 Å². The van der Waals surface area contributed by atoms with Gasteiger partial charge < -0.3 is 17.2 Å². The van der Waals surface area contributed by atoms with Crippen LogP contribution in [0.4, 0.5) is 0 Å². The molecule has 4 aliphatic rings. The van der Waals surface area contributed by atoms with Gasteiger partial charge in [0.2, 0.25) is 11.9 Å². The van der Waals surface area contributed by atoms with Gasteiger partial charge in [0.15, 0.2) is 0 Å². The quantitative estimate of drug-likeness (QED) is 0.245. The molecule has 6 nitrogen and oxygen atoms in total. The maximum Gasteiger partial charge on any atom is 0.209 e. The van der Waals surface area contributed by atoms with Gasteiger partial charge in [-0.15, -0.1) is 5.10 Å². The van der Waals surface area contributed by atoms with Crippen molar-refractivity contribution in [3.8, 4) is 0 Å². The van der Waals surface area contributed by atoms with Crippen LogP contribution in [-0.2, 0) is 0 Å². The lowest BCUT2D eigenvalue weighted by molar-refractivity contribution is -0.141. The molecular weight excluding hydrogens is 312 g/mol. The van der Waals surface area contributed by atoms with Crippen LogP contribution < -0.4 is 17.2 Å². The molecule has 2 unspecified atom stereocenters. The van der Waals surface area contributed by atoms with E-state index >= 15 is 0 Å². The highest BCUT2D eigenvalue weighted by Crippen LogP contribution is 2.65. The van der Waals surface area contributed by atoms with Gasteiger partial charge in [-0.2, -0.15) is 0 Å². The Bertz CT molecular complexity index is 522. The summed E-state index contributed by atoms with van der Waals surface area (Å²) in [5, 5.41) is 14.0. The van der Waals surface area contributed by atoms with E-state index in [4.69, 9.17) is 22.6 Å². The summed E-state index contributed by atoms with van der Waals surface area (Å²) >= 11 is 0. The van der Waals surface area contributed by atoms with Gasteiger partial charge in [0.05, 0.1) is 5.54 Å². The summed E-state index contributed by atoms with van der Waals surface area (Å²) in [5.41, 5.74) is 17.4. The molecule has 4 fully saturated rings. The zero-order valence-electron chi connectivity index (χ0n) is 15.9. The third-order valence-corrected chi connectivity index (χ3v) is 7.05.